The number of aromatic nitrogens is 1. The molecule has 0 saturated heterocycles. The van der Waals surface area contributed by atoms with Crippen molar-refractivity contribution in [2.45, 2.75) is 6.92 Å². The second kappa shape index (κ2) is 8.19. The first-order valence-corrected chi connectivity index (χ1v) is 10.0. The van der Waals surface area contributed by atoms with Gasteiger partial charge in [0.15, 0.2) is 5.58 Å². The molecule has 0 atom stereocenters. The molecule has 4 aromatic rings. The van der Waals surface area contributed by atoms with E-state index in [1.165, 1.54) is 19.2 Å². The van der Waals surface area contributed by atoms with Crippen LogP contribution in [0, 0.1) is 6.92 Å². The van der Waals surface area contributed by atoms with Crippen LogP contribution < -0.4 is 10.1 Å². The summed E-state index contributed by atoms with van der Waals surface area (Å²) in [6, 6.07) is 13.8. The van der Waals surface area contributed by atoms with E-state index in [1.54, 1.807) is 18.2 Å². The predicted molar refractivity (Wildman–Crippen MR) is 120 cm³/mol. The number of rotatable bonds is 4. The average Bonchev–Trinajstić information content (AvgIpc) is 3.11. The van der Waals surface area contributed by atoms with Crippen LogP contribution in [0.3, 0.4) is 0 Å². The minimum absolute atomic E-state index is 0.212. The molecule has 0 saturated carbocycles. The van der Waals surface area contributed by atoms with Crippen molar-refractivity contribution in [2.24, 2.45) is 0 Å². The van der Waals surface area contributed by atoms with Gasteiger partial charge in [-0.15, -0.1) is 0 Å². The molecule has 1 heterocycles. The largest absolute Gasteiger partial charge is 0.494 e. The summed E-state index contributed by atoms with van der Waals surface area (Å²) in [6.45, 7) is 1.98. The van der Waals surface area contributed by atoms with Crippen LogP contribution in [-0.2, 0) is 0 Å². The number of nitrogens with zero attached hydrogens (tertiary/aromatic N) is 1. The second-order valence-electron chi connectivity index (χ2n) is 6.61. The van der Waals surface area contributed by atoms with Gasteiger partial charge in [0.05, 0.1) is 28.3 Å². The van der Waals surface area contributed by atoms with E-state index in [0.717, 1.165) is 11.1 Å². The van der Waals surface area contributed by atoms with Gasteiger partial charge in [-0.05, 0) is 55.0 Å². The molecule has 8 heteroatoms. The zero-order valence-electron chi connectivity index (χ0n) is 15.9. The third-order valence-corrected chi connectivity index (χ3v) is 5.28. The summed E-state index contributed by atoms with van der Waals surface area (Å²) in [7, 11) is 1.43. The highest BCUT2D eigenvalue weighted by atomic mass is 35.5. The molecule has 1 amide bonds. The molecule has 3 aromatic carbocycles. The topological polar surface area (TPSA) is 64.4 Å². The predicted octanol–water partition coefficient (Wildman–Crippen LogP) is 7.02. The minimum atomic E-state index is -0.433. The van der Waals surface area contributed by atoms with Gasteiger partial charge in [-0.2, -0.15) is 0 Å². The molecular weight excluding hydrogens is 447 g/mol. The van der Waals surface area contributed by atoms with E-state index < -0.39 is 5.91 Å². The lowest BCUT2D eigenvalue weighted by atomic mass is 10.1. The van der Waals surface area contributed by atoms with Gasteiger partial charge in [-0.1, -0.05) is 40.9 Å². The van der Waals surface area contributed by atoms with Gasteiger partial charge < -0.3 is 14.5 Å². The molecule has 1 N–H and O–H groups in total. The number of methoxy groups -OCH3 is 1. The quantitative estimate of drug-likeness (QED) is 0.354. The van der Waals surface area contributed by atoms with Crippen molar-refractivity contribution in [3.05, 3.63) is 74.7 Å². The van der Waals surface area contributed by atoms with Gasteiger partial charge >= 0.3 is 0 Å². The number of oxazole rings is 1. The number of nitrogens with one attached hydrogen (secondary N) is 1. The summed E-state index contributed by atoms with van der Waals surface area (Å²) in [5, 5.41) is 3.82. The molecule has 5 nitrogen and oxygen atoms in total. The zero-order chi connectivity index (χ0) is 21.4. The Morgan fingerprint density at radius 3 is 2.60 bits per heavy atom. The van der Waals surface area contributed by atoms with Gasteiger partial charge in [-0.3, -0.25) is 4.79 Å². The van der Waals surface area contributed by atoms with Crippen molar-refractivity contribution in [2.75, 3.05) is 12.4 Å². The summed E-state index contributed by atoms with van der Waals surface area (Å²) in [4.78, 5) is 17.3. The molecular formula is C22H15Cl3N2O3. The van der Waals surface area contributed by atoms with Crippen LogP contribution in [0.2, 0.25) is 15.1 Å². The molecule has 30 heavy (non-hydrogen) atoms. The maximum absolute atomic E-state index is 12.8. The number of anilines is 1. The summed E-state index contributed by atoms with van der Waals surface area (Å²) in [6.07, 6.45) is 0. The molecule has 0 aliphatic heterocycles. The van der Waals surface area contributed by atoms with Crippen molar-refractivity contribution in [1.82, 2.24) is 4.98 Å². The van der Waals surface area contributed by atoms with Crippen molar-refractivity contribution in [1.29, 1.82) is 0 Å². The number of fused-ring (bicyclic) bond motifs is 1. The Hall–Kier alpha value is -2.73. The maximum atomic E-state index is 12.8. The van der Waals surface area contributed by atoms with E-state index in [0.29, 0.717) is 32.8 Å². The third kappa shape index (κ3) is 3.97. The molecule has 0 aliphatic carbocycles. The highest BCUT2D eigenvalue weighted by Crippen LogP contribution is 2.35. The molecule has 1 aromatic heterocycles. The normalized spacial score (nSPS) is 11.0. The molecule has 0 bridgehead atoms. The second-order valence-corrected chi connectivity index (χ2v) is 7.86. The van der Waals surface area contributed by atoms with E-state index in [4.69, 9.17) is 44.0 Å². The number of benzene rings is 3. The molecule has 0 radical (unpaired) electrons. The van der Waals surface area contributed by atoms with Crippen molar-refractivity contribution >= 4 is 57.5 Å². The monoisotopic (exact) mass is 460 g/mol. The van der Waals surface area contributed by atoms with Gasteiger partial charge in [-0.25, -0.2) is 4.98 Å². The smallest absolute Gasteiger partial charge is 0.259 e. The molecule has 0 spiro atoms. The minimum Gasteiger partial charge on any atom is -0.494 e. The van der Waals surface area contributed by atoms with Crippen LogP contribution in [0.1, 0.15) is 15.9 Å². The molecule has 4 rings (SSSR count). The average molecular weight is 462 g/mol. The lowest BCUT2D eigenvalue weighted by Crippen LogP contribution is -2.13. The van der Waals surface area contributed by atoms with Gasteiger partial charge in [0.2, 0.25) is 5.89 Å². The Morgan fingerprint density at radius 1 is 1.03 bits per heavy atom. The standard InChI is InChI=1S/C22H15Cl3N2O3/c1-11-3-6-19-18(7-11)27-22(30-19)14-10-13(4-5-16(14)24)26-21(28)15-8-12(23)9-17(25)20(15)29-2/h3-10H,1-2H3,(H,26,28). The van der Waals surface area contributed by atoms with Crippen molar-refractivity contribution in [3.8, 4) is 17.2 Å². The molecule has 152 valence electrons. The van der Waals surface area contributed by atoms with E-state index >= 15 is 0 Å². The fourth-order valence-electron chi connectivity index (χ4n) is 3.05. The summed E-state index contributed by atoms with van der Waals surface area (Å²) in [5.74, 6) is 0.167. The van der Waals surface area contributed by atoms with Crippen LogP contribution in [-0.4, -0.2) is 18.0 Å². The molecule has 0 fully saturated rings. The van der Waals surface area contributed by atoms with Crippen LogP contribution in [0.25, 0.3) is 22.6 Å². The number of amides is 1. The number of aryl methyl sites for hydroxylation is 1. The Bertz CT molecular complexity index is 1280. The number of carbonyl (C=O) groups is 1. The fraction of sp³-hybridized carbons (Fsp3) is 0.0909. The first-order valence-electron chi connectivity index (χ1n) is 8.87. The number of hydrogen-bond acceptors (Lipinski definition) is 4. The fourth-order valence-corrected chi connectivity index (χ4v) is 3.82. The van der Waals surface area contributed by atoms with Crippen LogP contribution >= 0.6 is 34.8 Å². The lowest BCUT2D eigenvalue weighted by molar-refractivity contribution is 0.102. The summed E-state index contributed by atoms with van der Waals surface area (Å²) < 4.78 is 11.1. The Balaban J connectivity index is 1.69. The number of carbonyl (C=O) groups excluding carboxylic acids is 1. The van der Waals surface area contributed by atoms with Crippen LogP contribution in [0.4, 0.5) is 5.69 Å². The van der Waals surface area contributed by atoms with Crippen LogP contribution in [0.15, 0.2) is 52.9 Å². The first-order chi connectivity index (χ1) is 14.4. The lowest BCUT2D eigenvalue weighted by Gasteiger charge is -2.12. The van der Waals surface area contributed by atoms with Gasteiger partial charge in [0.25, 0.3) is 5.91 Å². The highest BCUT2D eigenvalue weighted by molar-refractivity contribution is 6.36. The van der Waals surface area contributed by atoms with Gasteiger partial charge in [0.1, 0.15) is 11.3 Å². The maximum Gasteiger partial charge on any atom is 0.259 e. The van der Waals surface area contributed by atoms with Crippen molar-refractivity contribution < 1.29 is 13.9 Å². The molecule has 0 unspecified atom stereocenters. The number of ether oxygens (including phenoxy) is 1. The van der Waals surface area contributed by atoms with Crippen LogP contribution in [0.5, 0.6) is 5.75 Å². The zero-order valence-corrected chi connectivity index (χ0v) is 18.2. The number of hydrogen-bond donors (Lipinski definition) is 1. The van der Waals surface area contributed by atoms with E-state index in [9.17, 15) is 4.79 Å². The third-order valence-electron chi connectivity index (χ3n) is 4.45. The summed E-state index contributed by atoms with van der Waals surface area (Å²) >= 11 is 18.5. The summed E-state index contributed by atoms with van der Waals surface area (Å²) in [5.41, 5.74) is 3.72. The van der Waals surface area contributed by atoms with E-state index in [-0.39, 0.29) is 16.3 Å². The Morgan fingerprint density at radius 2 is 1.83 bits per heavy atom. The van der Waals surface area contributed by atoms with E-state index in [2.05, 4.69) is 10.3 Å². The SMILES string of the molecule is COc1c(Cl)cc(Cl)cc1C(=O)Nc1ccc(Cl)c(-c2nc3cc(C)ccc3o2)c1. The van der Waals surface area contributed by atoms with Crippen molar-refractivity contribution in [3.63, 3.8) is 0 Å². The highest BCUT2D eigenvalue weighted by Gasteiger charge is 2.18. The molecule has 0 aliphatic rings. The van der Waals surface area contributed by atoms with Gasteiger partial charge in [0, 0.05) is 10.7 Å². The first kappa shape index (κ1) is 20.5. The Labute approximate surface area is 187 Å². The Kier molecular flexibility index (Phi) is 5.60. The number of halogens is 3. The van der Waals surface area contributed by atoms with E-state index in [1.807, 2.05) is 25.1 Å².